The summed E-state index contributed by atoms with van der Waals surface area (Å²) in [6.45, 7) is 2.18. The third-order valence-corrected chi connectivity index (χ3v) is 4.39. The van der Waals surface area contributed by atoms with Crippen molar-refractivity contribution in [2.75, 3.05) is 5.32 Å². The number of aryl methyl sites for hydroxylation is 1. The molecule has 0 saturated carbocycles. The van der Waals surface area contributed by atoms with E-state index in [1.807, 2.05) is 0 Å². The highest BCUT2D eigenvalue weighted by atomic mass is 79.9. The first-order valence-corrected chi connectivity index (χ1v) is 8.48. The predicted molar refractivity (Wildman–Crippen MR) is 101 cm³/mol. The molecule has 0 fully saturated rings. The van der Waals surface area contributed by atoms with E-state index in [1.165, 1.54) is 30.3 Å². The van der Waals surface area contributed by atoms with E-state index in [0.29, 0.717) is 26.2 Å². The first-order chi connectivity index (χ1) is 12.2. The zero-order valence-electron chi connectivity index (χ0n) is 13.6. The highest BCUT2D eigenvalue weighted by molar-refractivity contribution is 9.10. The number of anilines is 1. The summed E-state index contributed by atoms with van der Waals surface area (Å²) < 4.78 is 30.9. The number of nitro benzene ring substituents is 1. The zero-order valence-corrected chi connectivity index (χ0v) is 15.9. The van der Waals surface area contributed by atoms with Gasteiger partial charge in [0.05, 0.1) is 4.92 Å². The van der Waals surface area contributed by atoms with Gasteiger partial charge in [-0.1, -0.05) is 40.2 Å². The summed E-state index contributed by atoms with van der Waals surface area (Å²) in [5.74, 6) is -0.0375. The molecule has 0 atom stereocenters. The molecule has 138 valence electrons. The fourth-order valence-electron chi connectivity index (χ4n) is 2.48. The van der Waals surface area contributed by atoms with Gasteiger partial charge in [-0.05, 0) is 30.7 Å². The SMILES string of the molecule is C=Cc1c(Cl)cc(C)c(OC(F)F)c1CNc1cc(Br)ccc1[N+](=O)[O-]. The fraction of sp³-hybridized carbons (Fsp3) is 0.176. The van der Waals surface area contributed by atoms with Crippen molar-refractivity contribution in [3.8, 4) is 5.75 Å². The molecule has 0 amide bonds. The van der Waals surface area contributed by atoms with Crippen LogP contribution in [0.25, 0.3) is 6.08 Å². The van der Waals surface area contributed by atoms with E-state index in [1.54, 1.807) is 6.92 Å². The number of hydrogen-bond acceptors (Lipinski definition) is 4. The second kappa shape index (κ2) is 8.46. The van der Waals surface area contributed by atoms with Crippen LogP contribution in [-0.4, -0.2) is 11.5 Å². The lowest BCUT2D eigenvalue weighted by molar-refractivity contribution is -0.384. The Morgan fingerprint density at radius 2 is 2.15 bits per heavy atom. The van der Waals surface area contributed by atoms with E-state index in [-0.39, 0.29) is 23.7 Å². The van der Waals surface area contributed by atoms with Crippen LogP contribution < -0.4 is 10.1 Å². The van der Waals surface area contributed by atoms with Crippen molar-refractivity contribution >= 4 is 45.0 Å². The first kappa shape index (κ1) is 20.1. The van der Waals surface area contributed by atoms with Gasteiger partial charge in [0.2, 0.25) is 0 Å². The molecule has 2 aromatic rings. The van der Waals surface area contributed by atoms with E-state index in [9.17, 15) is 18.9 Å². The Morgan fingerprint density at radius 3 is 2.73 bits per heavy atom. The third-order valence-electron chi connectivity index (χ3n) is 3.58. The van der Waals surface area contributed by atoms with Crippen LogP contribution >= 0.6 is 27.5 Å². The normalized spacial score (nSPS) is 10.7. The maximum atomic E-state index is 12.8. The molecule has 0 unspecified atom stereocenters. The van der Waals surface area contributed by atoms with Gasteiger partial charge in [-0.3, -0.25) is 10.1 Å². The van der Waals surface area contributed by atoms with Crippen LogP contribution in [0.4, 0.5) is 20.2 Å². The largest absolute Gasteiger partial charge is 0.434 e. The second-order valence-electron chi connectivity index (χ2n) is 5.25. The summed E-state index contributed by atoms with van der Waals surface area (Å²) >= 11 is 9.42. The number of ether oxygens (including phenoxy) is 1. The maximum absolute atomic E-state index is 12.8. The lowest BCUT2D eigenvalue weighted by atomic mass is 10.0. The van der Waals surface area contributed by atoms with Crippen LogP contribution in [0.15, 0.2) is 35.3 Å². The number of nitro groups is 1. The summed E-state index contributed by atoms with van der Waals surface area (Å²) in [4.78, 5) is 10.6. The zero-order chi connectivity index (χ0) is 19.4. The van der Waals surface area contributed by atoms with Gasteiger partial charge in [-0.15, -0.1) is 0 Å². The molecule has 0 aliphatic heterocycles. The molecule has 9 heteroatoms. The van der Waals surface area contributed by atoms with Crippen molar-refractivity contribution in [2.24, 2.45) is 0 Å². The molecule has 2 rings (SSSR count). The quantitative estimate of drug-likeness (QED) is 0.407. The number of hydrogen-bond donors (Lipinski definition) is 1. The lowest BCUT2D eigenvalue weighted by Crippen LogP contribution is -2.11. The minimum atomic E-state index is -3.02. The molecular formula is C17H14BrClF2N2O3. The Labute approximate surface area is 161 Å². The van der Waals surface area contributed by atoms with Crippen LogP contribution in [0.5, 0.6) is 5.75 Å². The molecule has 1 N–H and O–H groups in total. The van der Waals surface area contributed by atoms with Crippen molar-refractivity contribution in [3.63, 3.8) is 0 Å². The molecule has 0 heterocycles. The summed E-state index contributed by atoms with van der Waals surface area (Å²) in [6, 6.07) is 5.89. The second-order valence-corrected chi connectivity index (χ2v) is 6.57. The molecule has 0 saturated heterocycles. The highest BCUT2D eigenvalue weighted by Crippen LogP contribution is 2.36. The molecule has 5 nitrogen and oxygen atoms in total. The van der Waals surface area contributed by atoms with Crippen LogP contribution in [0, 0.1) is 17.0 Å². The number of benzene rings is 2. The van der Waals surface area contributed by atoms with E-state index in [0.717, 1.165) is 0 Å². The van der Waals surface area contributed by atoms with Gasteiger partial charge in [0, 0.05) is 33.2 Å². The fourth-order valence-corrected chi connectivity index (χ4v) is 3.20. The van der Waals surface area contributed by atoms with E-state index in [4.69, 9.17) is 11.6 Å². The Hall–Kier alpha value is -2.19. The topological polar surface area (TPSA) is 64.4 Å². The number of rotatable bonds is 7. The van der Waals surface area contributed by atoms with E-state index < -0.39 is 11.5 Å². The number of alkyl halides is 2. The number of halogens is 4. The number of nitrogens with one attached hydrogen (secondary N) is 1. The molecule has 0 spiro atoms. The standard InChI is InChI=1S/C17H14BrClF2N2O3/c1-3-11-12(16(26-17(20)21)9(2)6-13(11)19)8-22-14-7-10(18)4-5-15(14)23(24)25/h3-7,17,22H,1,8H2,2H3. The summed E-state index contributed by atoms with van der Waals surface area (Å²) in [7, 11) is 0. The van der Waals surface area contributed by atoms with Gasteiger partial charge in [0.15, 0.2) is 0 Å². The van der Waals surface area contributed by atoms with Crippen molar-refractivity contribution in [2.45, 2.75) is 20.1 Å². The smallest absolute Gasteiger partial charge is 0.387 e. The molecular weight excluding hydrogens is 434 g/mol. The predicted octanol–water partition coefficient (Wildman–Crippen LogP) is 6.18. The lowest BCUT2D eigenvalue weighted by Gasteiger charge is -2.18. The molecule has 0 radical (unpaired) electrons. The average Bonchev–Trinajstić information content (AvgIpc) is 2.55. The van der Waals surface area contributed by atoms with Crippen molar-refractivity contribution in [1.29, 1.82) is 0 Å². The van der Waals surface area contributed by atoms with Gasteiger partial charge in [-0.25, -0.2) is 0 Å². The van der Waals surface area contributed by atoms with Crippen molar-refractivity contribution in [3.05, 3.63) is 67.1 Å². The number of nitrogens with zero attached hydrogens (tertiary/aromatic N) is 1. The minimum Gasteiger partial charge on any atom is -0.434 e. The first-order valence-electron chi connectivity index (χ1n) is 7.31. The Morgan fingerprint density at radius 1 is 1.46 bits per heavy atom. The van der Waals surface area contributed by atoms with Crippen LogP contribution in [-0.2, 0) is 6.54 Å². The summed E-state index contributed by atoms with van der Waals surface area (Å²) in [6.07, 6.45) is 1.42. The molecule has 0 aliphatic rings. The van der Waals surface area contributed by atoms with Crippen molar-refractivity contribution < 1.29 is 18.4 Å². The molecule has 0 bridgehead atoms. The van der Waals surface area contributed by atoms with Gasteiger partial charge >= 0.3 is 6.61 Å². The van der Waals surface area contributed by atoms with E-state index in [2.05, 4.69) is 32.6 Å². The third kappa shape index (κ3) is 4.50. The van der Waals surface area contributed by atoms with E-state index >= 15 is 0 Å². The van der Waals surface area contributed by atoms with Crippen LogP contribution in [0.2, 0.25) is 5.02 Å². The summed E-state index contributed by atoms with van der Waals surface area (Å²) in [5.41, 5.74) is 1.24. The minimum absolute atomic E-state index is 0.0257. The Balaban J connectivity index is 2.48. The highest BCUT2D eigenvalue weighted by Gasteiger charge is 2.20. The average molecular weight is 448 g/mol. The van der Waals surface area contributed by atoms with Gasteiger partial charge < -0.3 is 10.1 Å². The summed E-state index contributed by atoms with van der Waals surface area (Å²) in [5, 5.41) is 14.4. The van der Waals surface area contributed by atoms with Crippen molar-refractivity contribution in [1.82, 2.24) is 0 Å². The Bertz CT molecular complexity index is 862. The maximum Gasteiger partial charge on any atom is 0.387 e. The molecule has 0 aliphatic carbocycles. The molecule has 2 aromatic carbocycles. The Kier molecular flexibility index (Phi) is 6.55. The monoisotopic (exact) mass is 446 g/mol. The van der Waals surface area contributed by atoms with Crippen LogP contribution in [0.3, 0.4) is 0 Å². The van der Waals surface area contributed by atoms with Gasteiger partial charge in [0.1, 0.15) is 11.4 Å². The molecule has 26 heavy (non-hydrogen) atoms. The van der Waals surface area contributed by atoms with Gasteiger partial charge in [0.25, 0.3) is 5.69 Å². The van der Waals surface area contributed by atoms with Crippen LogP contribution in [0.1, 0.15) is 16.7 Å². The molecule has 0 aromatic heterocycles. The van der Waals surface area contributed by atoms with Gasteiger partial charge in [-0.2, -0.15) is 8.78 Å².